The Hall–Kier alpha value is -2.28. The Morgan fingerprint density at radius 3 is 2.83 bits per heavy atom. The molecular formula is C16H20N4O3. The molecule has 1 saturated heterocycles. The van der Waals surface area contributed by atoms with Crippen molar-refractivity contribution in [3.63, 3.8) is 0 Å². The lowest BCUT2D eigenvalue weighted by molar-refractivity contribution is 0.00940. The van der Waals surface area contributed by atoms with E-state index in [0.29, 0.717) is 24.6 Å². The summed E-state index contributed by atoms with van der Waals surface area (Å²) >= 11 is 0. The van der Waals surface area contributed by atoms with Crippen LogP contribution in [-0.4, -0.2) is 27.6 Å². The van der Waals surface area contributed by atoms with Gasteiger partial charge in [0.2, 0.25) is 0 Å². The molecule has 1 fully saturated rings. The smallest absolute Gasteiger partial charge is 0.273 e. The van der Waals surface area contributed by atoms with Crippen LogP contribution in [-0.2, 0) is 17.7 Å². The number of ether oxygens (including phenoxy) is 1. The van der Waals surface area contributed by atoms with Gasteiger partial charge in [0, 0.05) is 43.6 Å². The number of carbonyl (C=O) groups is 1. The Bertz CT molecular complexity index is 648. The summed E-state index contributed by atoms with van der Waals surface area (Å²) in [6.07, 6.45) is 7.35. The maximum Gasteiger partial charge on any atom is 0.273 e. The Labute approximate surface area is 134 Å². The summed E-state index contributed by atoms with van der Waals surface area (Å²) in [7, 11) is 0. The first-order valence-electron chi connectivity index (χ1n) is 7.92. The van der Waals surface area contributed by atoms with Crippen molar-refractivity contribution in [3.8, 4) is 0 Å². The van der Waals surface area contributed by atoms with Crippen molar-refractivity contribution in [1.82, 2.24) is 20.4 Å². The van der Waals surface area contributed by atoms with E-state index in [9.17, 15) is 4.79 Å². The number of carbonyl (C=O) groups excluding carboxylic acids is 1. The molecule has 122 valence electrons. The second-order valence-corrected chi connectivity index (χ2v) is 5.52. The number of hydrogen-bond donors (Lipinski definition) is 1. The predicted molar refractivity (Wildman–Crippen MR) is 81.6 cm³/mol. The quantitative estimate of drug-likeness (QED) is 0.909. The van der Waals surface area contributed by atoms with Crippen LogP contribution in [0.15, 0.2) is 23.0 Å². The van der Waals surface area contributed by atoms with Gasteiger partial charge in [0.25, 0.3) is 5.91 Å². The molecule has 0 saturated carbocycles. The summed E-state index contributed by atoms with van der Waals surface area (Å²) in [6, 6.07) is 1.65. The maximum atomic E-state index is 12.0. The molecule has 0 spiro atoms. The normalized spacial score (nSPS) is 17.9. The molecule has 7 heteroatoms. The molecule has 1 aliphatic rings. The number of aryl methyl sites for hydroxylation is 1. The van der Waals surface area contributed by atoms with E-state index in [1.54, 1.807) is 18.5 Å². The predicted octanol–water partition coefficient (Wildman–Crippen LogP) is 2.20. The van der Waals surface area contributed by atoms with Crippen LogP contribution in [0.2, 0.25) is 0 Å². The molecule has 23 heavy (non-hydrogen) atoms. The molecule has 3 rings (SSSR count). The minimum absolute atomic E-state index is 0.00464. The van der Waals surface area contributed by atoms with Crippen LogP contribution >= 0.6 is 0 Å². The van der Waals surface area contributed by atoms with Gasteiger partial charge in [0.05, 0.1) is 0 Å². The van der Waals surface area contributed by atoms with Crippen LogP contribution in [0.1, 0.15) is 59.9 Å². The average Bonchev–Trinajstić information content (AvgIpc) is 3.10. The summed E-state index contributed by atoms with van der Waals surface area (Å²) < 4.78 is 10.7. The summed E-state index contributed by atoms with van der Waals surface area (Å²) in [6.45, 7) is 3.05. The van der Waals surface area contributed by atoms with E-state index in [2.05, 4.69) is 20.4 Å². The van der Waals surface area contributed by atoms with Gasteiger partial charge >= 0.3 is 0 Å². The second kappa shape index (κ2) is 7.32. The standard InChI is InChI=1S/C16H20N4O3/c1-2-12-7-13(20-23-12)16(21)19-10-11-8-17-15(18-9-11)14-5-3-4-6-22-14/h7-9,14H,2-6,10H2,1H3,(H,19,21)/t14-/m0/s1. The molecule has 0 aromatic carbocycles. The zero-order valence-electron chi connectivity index (χ0n) is 13.1. The van der Waals surface area contributed by atoms with E-state index in [1.165, 1.54) is 0 Å². The van der Waals surface area contributed by atoms with Crippen LogP contribution in [0.25, 0.3) is 0 Å². The van der Waals surface area contributed by atoms with Crippen molar-refractivity contribution in [1.29, 1.82) is 0 Å². The van der Waals surface area contributed by atoms with E-state index in [-0.39, 0.29) is 17.7 Å². The first-order chi connectivity index (χ1) is 11.3. The number of nitrogens with one attached hydrogen (secondary N) is 1. The third-order valence-electron chi connectivity index (χ3n) is 3.79. The molecule has 0 unspecified atom stereocenters. The highest BCUT2D eigenvalue weighted by atomic mass is 16.5. The Morgan fingerprint density at radius 1 is 1.35 bits per heavy atom. The van der Waals surface area contributed by atoms with E-state index in [4.69, 9.17) is 9.26 Å². The number of nitrogens with zero attached hydrogens (tertiary/aromatic N) is 3. The van der Waals surface area contributed by atoms with Crippen LogP contribution in [0.5, 0.6) is 0 Å². The van der Waals surface area contributed by atoms with Crippen molar-refractivity contribution in [2.45, 2.75) is 45.3 Å². The third-order valence-corrected chi connectivity index (χ3v) is 3.79. The van der Waals surface area contributed by atoms with Gasteiger partial charge in [0.15, 0.2) is 11.5 Å². The fourth-order valence-corrected chi connectivity index (χ4v) is 2.43. The topological polar surface area (TPSA) is 90.1 Å². The fraction of sp³-hybridized carbons (Fsp3) is 0.500. The van der Waals surface area contributed by atoms with E-state index in [1.807, 2.05) is 6.92 Å². The summed E-state index contributed by atoms with van der Waals surface area (Å²) in [5.74, 6) is 1.13. The van der Waals surface area contributed by atoms with Gasteiger partial charge in [-0.3, -0.25) is 4.79 Å². The minimum atomic E-state index is -0.270. The monoisotopic (exact) mass is 316 g/mol. The molecule has 1 amide bonds. The van der Waals surface area contributed by atoms with Crippen LogP contribution < -0.4 is 5.32 Å². The fourth-order valence-electron chi connectivity index (χ4n) is 2.43. The minimum Gasteiger partial charge on any atom is -0.370 e. The third kappa shape index (κ3) is 3.92. The highest BCUT2D eigenvalue weighted by Crippen LogP contribution is 2.24. The molecule has 7 nitrogen and oxygen atoms in total. The van der Waals surface area contributed by atoms with Crippen molar-refractivity contribution >= 4 is 5.91 Å². The Morgan fingerprint density at radius 2 is 2.17 bits per heavy atom. The largest absolute Gasteiger partial charge is 0.370 e. The van der Waals surface area contributed by atoms with Gasteiger partial charge in [-0.1, -0.05) is 12.1 Å². The molecule has 0 bridgehead atoms. The molecule has 0 aliphatic carbocycles. The van der Waals surface area contributed by atoms with Gasteiger partial charge in [-0.2, -0.15) is 0 Å². The number of rotatable bonds is 5. The van der Waals surface area contributed by atoms with E-state index >= 15 is 0 Å². The van der Waals surface area contributed by atoms with Crippen molar-refractivity contribution in [3.05, 3.63) is 41.3 Å². The highest BCUT2D eigenvalue weighted by molar-refractivity contribution is 5.92. The Kier molecular flexibility index (Phi) is 4.97. The zero-order chi connectivity index (χ0) is 16.1. The van der Waals surface area contributed by atoms with Gasteiger partial charge in [-0.05, 0) is 19.3 Å². The van der Waals surface area contributed by atoms with Crippen molar-refractivity contribution in [2.24, 2.45) is 0 Å². The lowest BCUT2D eigenvalue weighted by Gasteiger charge is -2.21. The lowest BCUT2D eigenvalue weighted by atomic mass is 10.1. The second-order valence-electron chi connectivity index (χ2n) is 5.52. The Balaban J connectivity index is 1.54. The zero-order valence-corrected chi connectivity index (χ0v) is 13.1. The van der Waals surface area contributed by atoms with E-state index < -0.39 is 0 Å². The maximum absolute atomic E-state index is 12.0. The van der Waals surface area contributed by atoms with Crippen molar-refractivity contribution < 1.29 is 14.1 Å². The first kappa shape index (κ1) is 15.6. The number of aromatic nitrogens is 3. The van der Waals surface area contributed by atoms with E-state index in [0.717, 1.165) is 31.4 Å². The molecule has 2 aromatic rings. The molecule has 1 atom stereocenters. The molecule has 3 heterocycles. The SMILES string of the molecule is CCc1cc(C(=O)NCc2cnc([C@@H]3CCCCO3)nc2)no1. The highest BCUT2D eigenvalue weighted by Gasteiger charge is 2.18. The molecule has 0 radical (unpaired) electrons. The summed E-state index contributed by atoms with van der Waals surface area (Å²) in [5.41, 5.74) is 1.12. The summed E-state index contributed by atoms with van der Waals surface area (Å²) in [5, 5.41) is 6.52. The molecular weight excluding hydrogens is 296 g/mol. The number of amides is 1. The average molecular weight is 316 g/mol. The molecule has 2 aromatic heterocycles. The molecule has 1 aliphatic heterocycles. The lowest BCUT2D eigenvalue weighted by Crippen LogP contribution is -2.23. The number of hydrogen-bond acceptors (Lipinski definition) is 6. The summed E-state index contributed by atoms with van der Waals surface area (Å²) in [4.78, 5) is 20.7. The van der Waals surface area contributed by atoms with Crippen LogP contribution in [0, 0.1) is 0 Å². The van der Waals surface area contributed by atoms with Crippen LogP contribution in [0.3, 0.4) is 0 Å². The van der Waals surface area contributed by atoms with Gasteiger partial charge < -0.3 is 14.6 Å². The van der Waals surface area contributed by atoms with Gasteiger partial charge in [-0.15, -0.1) is 0 Å². The van der Waals surface area contributed by atoms with Crippen molar-refractivity contribution in [2.75, 3.05) is 6.61 Å². The van der Waals surface area contributed by atoms with Gasteiger partial charge in [0.1, 0.15) is 11.9 Å². The van der Waals surface area contributed by atoms with Crippen LogP contribution in [0.4, 0.5) is 0 Å². The van der Waals surface area contributed by atoms with Gasteiger partial charge in [-0.25, -0.2) is 9.97 Å². The first-order valence-corrected chi connectivity index (χ1v) is 7.92. The molecule has 1 N–H and O–H groups in total.